The molecule has 1 atom stereocenters. The number of nitrogens with two attached hydrogens (primary N) is 1. The maximum atomic E-state index is 13.8. The van der Waals surface area contributed by atoms with E-state index in [4.69, 9.17) is 5.73 Å². The van der Waals surface area contributed by atoms with Gasteiger partial charge in [0.15, 0.2) is 11.6 Å². The number of benzene rings is 1. The predicted octanol–water partition coefficient (Wildman–Crippen LogP) is 1.69. The first-order valence-electron chi connectivity index (χ1n) is 5.69. The molecule has 3 nitrogen and oxygen atoms in total. The van der Waals surface area contributed by atoms with Gasteiger partial charge in [-0.25, -0.2) is 8.78 Å². The van der Waals surface area contributed by atoms with Gasteiger partial charge in [0.2, 0.25) is 0 Å². The number of nitrogens with zero attached hydrogens (tertiary/aromatic N) is 2. The lowest BCUT2D eigenvalue weighted by molar-refractivity contribution is 0.274. The maximum absolute atomic E-state index is 13.8. The van der Waals surface area contributed by atoms with Crippen LogP contribution in [0, 0.1) is 11.6 Å². The van der Waals surface area contributed by atoms with E-state index in [0.717, 1.165) is 19.2 Å². The van der Waals surface area contributed by atoms with E-state index in [-0.39, 0.29) is 11.7 Å². The van der Waals surface area contributed by atoms with Crippen molar-refractivity contribution in [2.24, 2.45) is 0 Å². The molecule has 1 aliphatic heterocycles. The van der Waals surface area contributed by atoms with Gasteiger partial charge in [0.1, 0.15) is 0 Å². The largest absolute Gasteiger partial charge is 0.397 e. The normalized spacial score (nSPS) is 21.9. The van der Waals surface area contributed by atoms with Gasteiger partial charge in [-0.15, -0.1) is 0 Å². The molecule has 1 aromatic carbocycles. The molecule has 0 amide bonds. The van der Waals surface area contributed by atoms with Crippen molar-refractivity contribution in [2.75, 3.05) is 37.3 Å². The Bertz CT molecular complexity index is 422. The minimum Gasteiger partial charge on any atom is -0.397 e. The van der Waals surface area contributed by atoms with Crippen molar-refractivity contribution in [3.63, 3.8) is 0 Å². The van der Waals surface area contributed by atoms with Gasteiger partial charge < -0.3 is 15.5 Å². The number of hydrogen-bond donors (Lipinski definition) is 1. The summed E-state index contributed by atoms with van der Waals surface area (Å²) in [5.74, 6) is -1.69. The molecule has 5 heteroatoms. The zero-order chi connectivity index (χ0) is 12.6. The maximum Gasteiger partial charge on any atom is 0.184 e. The minimum absolute atomic E-state index is 0.118. The van der Waals surface area contributed by atoms with Gasteiger partial charge in [-0.1, -0.05) is 0 Å². The van der Waals surface area contributed by atoms with Crippen LogP contribution >= 0.6 is 0 Å². The van der Waals surface area contributed by atoms with Crippen molar-refractivity contribution >= 4 is 11.4 Å². The van der Waals surface area contributed by atoms with Gasteiger partial charge in [0, 0.05) is 25.7 Å². The summed E-state index contributed by atoms with van der Waals surface area (Å²) in [6.07, 6.45) is 0. The molecular formula is C12H17F2N3. The summed E-state index contributed by atoms with van der Waals surface area (Å²) in [4.78, 5) is 4.00. The van der Waals surface area contributed by atoms with Crippen LogP contribution in [0.25, 0.3) is 0 Å². The number of likely N-dealkylation sites (N-methyl/N-ethyl adjacent to an activating group) is 1. The standard InChI is InChI=1S/C12H17F2N3/c1-8-7-16(2)5-6-17(8)12-10(15)4-3-9(13)11(12)14/h3-4,8H,5-7,15H2,1-2H3. The van der Waals surface area contributed by atoms with Crippen molar-refractivity contribution in [1.82, 2.24) is 4.90 Å². The van der Waals surface area contributed by atoms with E-state index < -0.39 is 11.6 Å². The summed E-state index contributed by atoms with van der Waals surface area (Å²) < 4.78 is 27.1. The van der Waals surface area contributed by atoms with Crippen molar-refractivity contribution in [1.29, 1.82) is 0 Å². The third kappa shape index (κ3) is 2.20. The summed E-state index contributed by atoms with van der Waals surface area (Å²) >= 11 is 0. The summed E-state index contributed by atoms with van der Waals surface area (Å²) in [6, 6.07) is 2.60. The monoisotopic (exact) mass is 241 g/mol. The highest BCUT2D eigenvalue weighted by Crippen LogP contribution is 2.31. The summed E-state index contributed by atoms with van der Waals surface area (Å²) in [5.41, 5.74) is 6.25. The van der Waals surface area contributed by atoms with Crippen LogP contribution in [0.15, 0.2) is 12.1 Å². The topological polar surface area (TPSA) is 32.5 Å². The molecule has 0 aliphatic carbocycles. The molecule has 1 fully saturated rings. The average Bonchev–Trinajstić information content (AvgIpc) is 2.27. The number of hydrogen-bond acceptors (Lipinski definition) is 3. The lowest BCUT2D eigenvalue weighted by Crippen LogP contribution is -2.51. The van der Waals surface area contributed by atoms with Crippen molar-refractivity contribution in [3.05, 3.63) is 23.8 Å². The molecule has 1 unspecified atom stereocenters. The highest BCUT2D eigenvalue weighted by Gasteiger charge is 2.26. The first-order chi connectivity index (χ1) is 8.00. The van der Waals surface area contributed by atoms with Gasteiger partial charge in [-0.05, 0) is 26.1 Å². The highest BCUT2D eigenvalue weighted by molar-refractivity contribution is 5.69. The van der Waals surface area contributed by atoms with Crippen LogP contribution in [-0.2, 0) is 0 Å². The molecule has 1 saturated heterocycles. The van der Waals surface area contributed by atoms with Gasteiger partial charge in [0.25, 0.3) is 0 Å². The van der Waals surface area contributed by atoms with Crippen LogP contribution in [0.4, 0.5) is 20.2 Å². The van der Waals surface area contributed by atoms with Gasteiger partial charge >= 0.3 is 0 Å². The fraction of sp³-hybridized carbons (Fsp3) is 0.500. The van der Waals surface area contributed by atoms with E-state index in [0.29, 0.717) is 12.2 Å². The number of rotatable bonds is 1. The molecule has 94 valence electrons. The van der Waals surface area contributed by atoms with Gasteiger partial charge in [0.05, 0.1) is 11.4 Å². The molecule has 0 radical (unpaired) electrons. The zero-order valence-electron chi connectivity index (χ0n) is 10.1. The summed E-state index contributed by atoms with van der Waals surface area (Å²) in [6.45, 7) is 4.27. The van der Waals surface area contributed by atoms with Gasteiger partial charge in [-0.3, -0.25) is 0 Å². The number of nitrogen functional groups attached to an aromatic ring is 1. The molecule has 0 aromatic heterocycles. The van der Waals surface area contributed by atoms with Gasteiger partial charge in [-0.2, -0.15) is 0 Å². The van der Waals surface area contributed by atoms with E-state index in [9.17, 15) is 8.78 Å². The Morgan fingerprint density at radius 3 is 2.65 bits per heavy atom. The molecule has 0 saturated carbocycles. The second kappa shape index (κ2) is 4.49. The Labute approximate surface area is 99.8 Å². The second-order valence-electron chi connectivity index (χ2n) is 4.60. The summed E-state index contributed by atoms with van der Waals surface area (Å²) in [5, 5.41) is 0. The molecule has 0 bridgehead atoms. The number of halogens is 2. The minimum atomic E-state index is -0.847. The molecule has 0 spiro atoms. The Hall–Kier alpha value is -1.36. The van der Waals surface area contributed by atoms with Crippen molar-refractivity contribution < 1.29 is 8.78 Å². The predicted molar refractivity (Wildman–Crippen MR) is 65.1 cm³/mol. The lowest BCUT2D eigenvalue weighted by Gasteiger charge is -2.40. The van der Waals surface area contributed by atoms with Crippen molar-refractivity contribution in [2.45, 2.75) is 13.0 Å². The van der Waals surface area contributed by atoms with E-state index in [1.54, 1.807) is 0 Å². The zero-order valence-corrected chi connectivity index (χ0v) is 10.1. The third-order valence-corrected chi connectivity index (χ3v) is 3.22. The van der Waals surface area contributed by atoms with E-state index in [2.05, 4.69) is 4.90 Å². The van der Waals surface area contributed by atoms with Crippen LogP contribution in [-0.4, -0.2) is 37.6 Å². The first-order valence-corrected chi connectivity index (χ1v) is 5.69. The van der Waals surface area contributed by atoms with E-state index in [1.165, 1.54) is 6.07 Å². The SMILES string of the molecule is CC1CN(C)CCN1c1c(N)ccc(F)c1F. The van der Waals surface area contributed by atoms with Crippen LogP contribution in [0.2, 0.25) is 0 Å². The Kier molecular flexibility index (Phi) is 3.19. The van der Waals surface area contributed by atoms with Crippen LogP contribution in [0.1, 0.15) is 6.92 Å². The molecular weight excluding hydrogens is 224 g/mol. The van der Waals surface area contributed by atoms with Crippen LogP contribution < -0.4 is 10.6 Å². The Morgan fingerprint density at radius 1 is 1.29 bits per heavy atom. The third-order valence-electron chi connectivity index (χ3n) is 3.22. The lowest BCUT2D eigenvalue weighted by atomic mass is 10.1. The number of piperazine rings is 1. The fourth-order valence-corrected chi connectivity index (χ4v) is 2.32. The Morgan fingerprint density at radius 2 is 2.00 bits per heavy atom. The summed E-state index contributed by atoms with van der Waals surface area (Å²) in [7, 11) is 2.01. The second-order valence-corrected chi connectivity index (χ2v) is 4.60. The number of anilines is 2. The van der Waals surface area contributed by atoms with E-state index in [1.807, 2.05) is 18.9 Å². The molecule has 1 aliphatic rings. The smallest absolute Gasteiger partial charge is 0.184 e. The molecule has 1 heterocycles. The molecule has 2 N–H and O–H groups in total. The quantitative estimate of drug-likeness (QED) is 0.759. The highest BCUT2D eigenvalue weighted by atomic mass is 19.2. The first kappa shape index (κ1) is 12.1. The average molecular weight is 241 g/mol. The van der Waals surface area contributed by atoms with Crippen LogP contribution in [0.5, 0.6) is 0 Å². The molecule has 17 heavy (non-hydrogen) atoms. The van der Waals surface area contributed by atoms with Crippen LogP contribution in [0.3, 0.4) is 0 Å². The fourth-order valence-electron chi connectivity index (χ4n) is 2.32. The van der Waals surface area contributed by atoms with Crippen molar-refractivity contribution in [3.8, 4) is 0 Å². The Balaban J connectivity index is 2.37. The molecule has 1 aromatic rings. The molecule has 2 rings (SSSR count). The van der Waals surface area contributed by atoms with E-state index >= 15 is 0 Å².